The number of hydrogen-bond donors (Lipinski definition) is 2. The molecule has 4 N–H and O–H groups in total. The minimum absolute atomic E-state index is 0.213. The fourth-order valence-electron chi connectivity index (χ4n) is 0.167. The van der Waals surface area contributed by atoms with Crippen molar-refractivity contribution in [2.24, 2.45) is 11.5 Å². The molecule has 0 aliphatic rings. The third-order valence-electron chi connectivity index (χ3n) is 0.827. The molecule has 0 bridgehead atoms. The maximum absolute atomic E-state index is 5.35. The van der Waals surface area contributed by atoms with Gasteiger partial charge in [0.1, 0.15) is 0 Å². The lowest BCUT2D eigenvalue weighted by Crippen LogP contribution is -2.28. The van der Waals surface area contributed by atoms with Crippen molar-refractivity contribution in [1.29, 1.82) is 0 Å². The number of rotatable bonds is 2. The zero-order chi connectivity index (χ0) is 4.99. The molecule has 0 saturated carbocycles. The second-order valence-electron chi connectivity index (χ2n) is 1.40. The summed E-state index contributed by atoms with van der Waals surface area (Å²) < 4.78 is 0. The van der Waals surface area contributed by atoms with Gasteiger partial charge in [-0.15, -0.1) is 0 Å². The molecule has 2 heteroatoms. The Kier molecular flexibility index (Phi) is 3.08. The Labute approximate surface area is 38.5 Å². The molecule has 0 fully saturated rings. The van der Waals surface area contributed by atoms with Gasteiger partial charge >= 0.3 is 0 Å². The van der Waals surface area contributed by atoms with Crippen LogP contribution in [0.15, 0.2) is 0 Å². The molecule has 0 heterocycles. The summed E-state index contributed by atoms with van der Waals surface area (Å²) in [5.41, 5.74) is 10.5. The molecule has 0 aromatic heterocycles. The zero-order valence-electron chi connectivity index (χ0n) is 4.15. The van der Waals surface area contributed by atoms with Crippen LogP contribution >= 0.6 is 0 Å². The van der Waals surface area contributed by atoms with E-state index in [0.29, 0.717) is 6.54 Å². The maximum Gasteiger partial charge on any atom is 0.0160 e. The van der Waals surface area contributed by atoms with Crippen LogP contribution in [0, 0.1) is 0 Å². The molecular weight excluding hydrogens is 76.1 g/mol. The van der Waals surface area contributed by atoms with Crippen molar-refractivity contribution in [2.75, 3.05) is 6.54 Å². The van der Waals surface area contributed by atoms with Gasteiger partial charge in [-0.05, 0) is 6.42 Å². The minimum atomic E-state index is 0.213. The van der Waals surface area contributed by atoms with Crippen LogP contribution < -0.4 is 11.5 Å². The first-order chi connectivity index (χ1) is 2.81. The van der Waals surface area contributed by atoms with E-state index in [4.69, 9.17) is 11.5 Å². The lowest BCUT2D eigenvalue weighted by molar-refractivity contribution is 0.660. The van der Waals surface area contributed by atoms with Crippen LogP contribution in [0.25, 0.3) is 0 Å². The Morgan fingerprint density at radius 2 is 2.17 bits per heavy atom. The summed E-state index contributed by atoms with van der Waals surface area (Å²) in [6, 6.07) is 0.213. The van der Waals surface area contributed by atoms with E-state index >= 15 is 0 Å². The van der Waals surface area contributed by atoms with Gasteiger partial charge in [-0.1, -0.05) is 6.92 Å². The lowest BCUT2D eigenvalue weighted by atomic mass is 10.2. The molecule has 0 saturated heterocycles. The summed E-state index contributed by atoms with van der Waals surface area (Å²) in [5, 5.41) is 0. The molecule has 0 rings (SSSR count). The van der Waals surface area contributed by atoms with Crippen molar-refractivity contribution in [3.8, 4) is 0 Å². The van der Waals surface area contributed by atoms with E-state index in [2.05, 4.69) is 0 Å². The molecular formula is C4H12N2. The Morgan fingerprint density at radius 1 is 1.67 bits per heavy atom. The fourth-order valence-corrected chi connectivity index (χ4v) is 0.167. The van der Waals surface area contributed by atoms with E-state index in [1.807, 2.05) is 6.92 Å². The molecule has 0 aliphatic heterocycles. The molecule has 38 valence electrons. The van der Waals surface area contributed by atoms with Crippen molar-refractivity contribution in [3.63, 3.8) is 0 Å². The Morgan fingerprint density at radius 3 is 2.17 bits per heavy atom. The number of nitrogens with two attached hydrogens (primary N) is 2. The van der Waals surface area contributed by atoms with Crippen LogP contribution in [0.3, 0.4) is 0 Å². The zero-order valence-corrected chi connectivity index (χ0v) is 4.15. The summed E-state index contributed by atoms with van der Waals surface area (Å²) in [4.78, 5) is 0. The smallest absolute Gasteiger partial charge is 0.0160 e. The van der Waals surface area contributed by atoms with Gasteiger partial charge < -0.3 is 11.5 Å². The largest absolute Gasteiger partial charge is 0.329 e. The van der Waals surface area contributed by atoms with Crippen LogP contribution in [0.4, 0.5) is 0 Å². The second kappa shape index (κ2) is 3.12. The predicted octanol–water partition coefficient (Wildman–Crippen LogP) is -0.318. The van der Waals surface area contributed by atoms with E-state index < -0.39 is 0 Å². The molecule has 0 radical (unpaired) electrons. The first kappa shape index (κ1) is 5.92. The summed E-state index contributed by atoms with van der Waals surface area (Å²) in [6.45, 7) is 2.63. The van der Waals surface area contributed by atoms with Gasteiger partial charge in [0, 0.05) is 12.6 Å². The van der Waals surface area contributed by atoms with Crippen LogP contribution in [0.5, 0.6) is 0 Å². The van der Waals surface area contributed by atoms with E-state index in [1.165, 1.54) is 0 Å². The van der Waals surface area contributed by atoms with Gasteiger partial charge in [0.05, 0.1) is 0 Å². The third-order valence-corrected chi connectivity index (χ3v) is 0.827. The topological polar surface area (TPSA) is 52.0 Å². The summed E-state index contributed by atoms with van der Waals surface area (Å²) in [5.74, 6) is 0. The fraction of sp³-hybridized carbons (Fsp3) is 1.00. The molecule has 0 amide bonds. The highest BCUT2D eigenvalue weighted by atomic mass is 14.7. The quantitative estimate of drug-likeness (QED) is 0.486. The molecule has 0 aliphatic carbocycles. The van der Waals surface area contributed by atoms with E-state index in [9.17, 15) is 0 Å². The van der Waals surface area contributed by atoms with Crippen LogP contribution in [-0.2, 0) is 0 Å². The highest BCUT2D eigenvalue weighted by molar-refractivity contribution is 4.55. The average Bonchev–Trinajstić information content (AvgIpc) is 1.65. The first-order valence-electron chi connectivity index (χ1n) is 2.27. The normalized spacial score (nSPS) is 14.5. The van der Waals surface area contributed by atoms with Crippen LogP contribution in [0.1, 0.15) is 13.3 Å². The average molecular weight is 88.2 g/mol. The van der Waals surface area contributed by atoms with Crippen LogP contribution in [-0.4, -0.2) is 12.6 Å². The van der Waals surface area contributed by atoms with Gasteiger partial charge in [0.25, 0.3) is 0 Å². The standard InChI is InChI=1S/C4H12N2/c1-2-4(6)3-5/h4H,2-3,5-6H2,1H3/t4-/m1/s1. The molecule has 6 heavy (non-hydrogen) atoms. The van der Waals surface area contributed by atoms with Crippen molar-refractivity contribution < 1.29 is 0 Å². The van der Waals surface area contributed by atoms with Gasteiger partial charge in [-0.3, -0.25) is 0 Å². The van der Waals surface area contributed by atoms with E-state index in [0.717, 1.165) is 6.42 Å². The number of hydrogen-bond acceptors (Lipinski definition) is 2. The van der Waals surface area contributed by atoms with Crippen molar-refractivity contribution in [3.05, 3.63) is 0 Å². The Balaban J connectivity index is 2.75. The molecule has 0 spiro atoms. The lowest BCUT2D eigenvalue weighted by Gasteiger charge is -1.99. The molecule has 0 aromatic rings. The summed E-state index contributed by atoms with van der Waals surface area (Å²) >= 11 is 0. The van der Waals surface area contributed by atoms with Gasteiger partial charge in [0.15, 0.2) is 0 Å². The maximum atomic E-state index is 5.35. The van der Waals surface area contributed by atoms with Gasteiger partial charge in [0.2, 0.25) is 0 Å². The van der Waals surface area contributed by atoms with Gasteiger partial charge in [-0.2, -0.15) is 0 Å². The SMILES string of the molecule is CC[C@@H](N)CN. The van der Waals surface area contributed by atoms with Crippen molar-refractivity contribution in [1.82, 2.24) is 0 Å². The minimum Gasteiger partial charge on any atom is -0.329 e. The Bertz CT molecular complexity index is 24.7. The molecule has 0 aromatic carbocycles. The van der Waals surface area contributed by atoms with E-state index in [1.54, 1.807) is 0 Å². The Hall–Kier alpha value is -0.0800. The summed E-state index contributed by atoms with van der Waals surface area (Å²) in [6.07, 6.45) is 0.983. The van der Waals surface area contributed by atoms with Crippen molar-refractivity contribution in [2.45, 2.75) is 19.4 Å². The predicted molar refractivity (Wildman–Crippen MR) is 27.3 cm³/mol. The monoisotopic (exact) mass is 88.1 g/mol. The van der Waals surface area contributed by atoms with Crippen molar-refractivity contribution >= 4 is 0 Å². The van der Waals surface area contributed by atoms with Crippen LogP contribution in [0.2, 0.25) is 0 Å². The third kappa shape index (κ3) is 2.18. The second-order valence-corrected chi connectivity index (χ2v) is 1.40. The first-order valence-corrected chi connectivity index (χ1v) is 2.27. The molecule has 0 unspecified atom stereocenters. The highest BCUT2D eigenvalue weighted by Gasteiger charge is 1.88. The highest BCUT2D eigenvalue weighted by Crippen LogP contribution is 1.77. The van der Waals surface area contributed by atoms with Gasteiger partial charge in [-0.25, -0.2) is 0 Å². The molecule has 2 nitrogen and oxygen atoms in total. The molecule has 1 atom stereocenters. The van der Waals surface area contributed by atoms with E-state index in [-0.39, 0.29) is 6.04 Å². The summed E-state index contributed by atoms with van der Waals surface area (Å²) in [7, 11) is 0.